The largest absolute Gasteiger partial charge is 0.391 e. The fourth-order valence-corrected chi connectivity index (χ4v) is 3.92. The molecule has 6 nitrogen and oxygen atoms in total. The maximum Gasteiger partial charge on any atom is 0.254 e. The lowest BCUT2D eigenvalue weighted by Gasteiger charge is -2.41. The van der Waals surface area contributed by atoms with Crippen LogP contribution in [-0.4, -0.2) is 59.2 Å². The van der Waals surface area contributed by atoms with Crippen LogP contribution in [-0.2, 0) is 0 Å². The zero-order valence-electron chi connectivity index (χ0n) is 14.4. The van der Waals surface area contributed by atoms with E-state index in [2.05, 4.69) is 20.5 Å². The minimum atomic E-state index is -0.168. The molecule has 1 aliphatic heterocycles. The van der Waals surface area contributed by atoms with Gasteiger partial charge in [0.15, 0.2) is 0 Å². The fourth-order valence-electron chi connectivity index (χ4n) is 3.92. The quantitative estimate of drug-likeness (QED) is 0.781. The highest BCUT2D eigenvalue weighted by Gasteiger charge is 2.31. The van der Waals surface area contributed by atoms with E-state index in [9.17, 15) is 9.90 Å². The summed E-state index contributed by atoms with van der Waals surface area (Å²) < 4.78 is 0. The van der Waals surface area contributed by atoms with E-state index in [4.69, 9.17) is 0 Å². The van der Waals surface area contributed by atoms with Gasteiger partial charge >= 0.3 is 0 Å². The van der Waals surface area contributed by atoms with E-state index in [1.807, 2.05) is 0 Å². The van der Waals surface area contributed by atoms with Crippen LogP contribution >= 0.6 is 0 Å². The van der Waals surface area contributed by atoms with Crippen molar-refractivity contribution in [3.8, 4) is 0 Å². The molecule has 3 N–H and O–H groups in total. The number of carbonyl (C=O) groups excluding carboxylic acids is 1. The highest BCUT2D eigenvalue weighted by molar-refractivity contribution is 5.98. The maximum atomic E-state index is 11.9. The lowest BCUT2D eigenvalue weighted by atomic mass is 9.89. The molecule has 3 rings (SSSR count). The fraction of sp³-hybridized carbons (Fsp3) is 0.667. The smallest absolute Gasteiger partial charge is 0.254 e. The Balaban J connectivity index is 1.57. The third-order valence-corrected chi connectivity index (χ3v) is 5.31. The van der Waals surface area contributed by atoms with Gasteiger partial charge in [-0.05, 0) is 37.8 Å². The molecule has 0 bridgehead atoms. The second-order valence-electron chi connectivity index (χ2n) is 6.85. The first-order valence-corrected chi connectivity index (χ1v) is 9.05. The highest BCUT2D eigenvalue weighted by atomic mass is 16.3. The summed E-state index contributed by atoms with van der Waals surface area (Å²) in [6.45, 7) is 1.98. The van der Waals surface area contributed by atoms with Gasteiger partial charge in [0.25, 0.3) is 5.91 Å². The van der Waals surface area contributed by atoms with Crippen molar-refractivity contribution in [3.63, 3.8) is 0 Å². The number of nitrogens with zero attached hydrogens (tertiary/aromatic N) is 2. The molecular formula is C18H28N4O2. The summed E-state index contributed by atoms with van der Waals surface area (Å²) >= 11 is 0. The molecule has 0 aromatic carbocycles. The van der Waals surface area contributed by atoms with Crippen molar-refractivity contribution < 1.29 is 9.90 Å². The molecule has 6 heteroatoms. The average molecular weight is 332 g/mol. The third kappa shape index (κ3) is 3.87. The van der Waals surface area contributed by atoms with Crippen molar-refractivity contribution in [2.45, 2.75) is 56.7 Å². The van der Waals surface area contributed by atoms with Crippen molar-refractivity contribution in [3.05, 3.63) is 23.9 Å². The second kappa shape index (κ2) is 7.94. The molecule has 2 fully saturated rings. The molecule has 24 heavy (non-hydrogen) atoms. The standard InChI is InChI=1S/C18H28N4O2/c1-19-18(24)14-5-4-10-20-17(14)21-13-8-11-22(12-9-13)15-6-2-3-7-16(15)23/h4-5,10,13,15-16,23H,2-3,6-9,11-12H2,1H3,(H,19,24)(H,20,21). The first kappa shape index (κ1) is 17.2. The molecule has 1 saturated carbocycles. The molecule has 1 aromatic rings. The Morgan fingerprint density at radius 3 is 2.71 bits per heavy atom. The Labute approximate surface area is 143 Å². The topological polar surface area (TPSA) is 77.5 Å². The van der Waals surface area contributed by atoms with Gasteiger partial charge < -0.3 is 15.7 Å². The van der Waals surface area contributed by atoms with E-state index in [1.165, 1.54) is 6.42 Å². The summed E-state index contributed by atoms with van der Waals surface area (Å²) in [5.74, 6) is 0.543. The number of piperidine rings is 1. The van der Waals surface area contributed by atoms with Crippen LogP contribution in [0.4, 0.5) is 5.82 Å². The third-order valence-electron chi connectivity index (χ3n) is 5.31. The molecule has 2 atom stereocenters. The molecule has 1 saturated heterocycles. The van der Waals surface area contributed by atoms with Crippen LogP contribution in [0.3, 0.4) is 0 Å². The molecule has 132 valence electrons. The number of amides is 1. The summed E-state index contributed by atoms with van der Waals surface area (Å²) in [7, 11) is 1.63. The van der Waals surface area contributed by atoms with E-state index < -0.39 is 0 Å². The maximum absolute atomic E-state index is 11.9. The normalized spacial score (nSPS) is 26.1. The molecule has 2 unspecified atom stereocenters. The van der Waals surface area contributed by atoms with Crippen molar-refractivity contribution in [1.82, 2.24) is 15.2 Å². The van der Waals surface area contributed by atoms with E-state index in [1.54, 1.807) is 25.4 Å². The molecule has 2 aliphatic rings. The highest BCUT2D eigenvalue weighted by Crippen LogP contribution is 2.27. The van der Waals surface area contributed by atoms with Crippen LogP contribution < -0.4 is 10.6 Å². The minimum absolute atomic E-state index is 0.117. The zero-order valence-corrected chi connectivity index (χ0v) is 14.4. The average Bonchev–Trinajstić information content (AvgIpc) is 2.63. The van der Waals surface area contributed by atoms with Gasteiger partial charge in [-0.1, -0.05) is 12.8 Å². The summed E-state index contributed by atoms with van der Waals surface area (Å²) in [5, 5.41) is 16.3. The van der Waals surface area contributed by atoms with E-state index in [-0.39, 0.29) is 12.0 Å². The Bertz CT molecular complexity index is 558. The van der Waals surface area contributed by atoms with Gasteiger partial charge in [-0.25, -0.2) is 4.98 Å². The summed E-state index contributed by atoms with van der Waals surface area (Å²) in [6, 6.07) is 4.22. The Morgan fingerprint density at radius 1 is 1.25 bits per heavy atom. The summed E-state index contributed by atoms with van der Waals surface area (Å²) in [4.78, 5) is 18.7. The Kier molecular flexibility index (Phi) is 5.68. The van der Waals surface area contributed by atoms with Gasteiger partial charge in [0.1, 0.15) is 5.82 Å². The molecule has 2 heterocycles. The molecule has 1 aromatic heterocycles. The molecular weight excluding hydrogens is 304 g/mol. The number of hydrogen-bond donors (Lipinski definition) is 3. The number of rotatable bonds is 4. The first-order chi connectivity index (χ1) is 11.7. The van der Waals surface area contributed by atoms with Crippen molar-refractivity contribution in [2.75, 3.05) is 25.5 Å². The van der Waals surface area contributed by atoms with Crippen molar-refractivity contribution >= 4 is 11.7 Å². The Hall–Kier alpha value is -1.66. The van der Waals surface area contributed by atoms with Gasteiger partial charge in [0.05, 0.1) is 11.7 Å². The van der Waals surface area contributed by atoms with E-state index >= 15 is 0 Å². The number of aliphatic hydroxyl groups excluding tert-OH is 1. The number of anilines is 1. The van der Waals surface area contributed by atoms with Gasteiger partial charge in [-0.15, -0.1) is 0 Å². The second-order valence-corrected chi connectivity index (χ2v) is 6.85. The molecule has 1 aliphatic carbocycles. The number of nitrogens with one attached hydrogen (secondary N) is 2. The molecule has 0 radical (unpaired) electrons. The Morgan fingerprint density at radius 2 is 2.00 bits per heavy atom. The minimum Gasteiger partial charge on any atom is -0.391 e. The zero-order chi connectivity index (χ0) is 16.9. The number of aromatic nitrogens is 1. The number of aliphatic hydroxyl groups is 1. The predicted molar refractivity (Wildman–Crippen MR) is 94.1 cm³/mol. The van der Waals surface area contributed by atoms with Crippen LogP contribution in [0.15, 0.2) is 18.3 Å². The summed E-state index contributed by atoms with van der Waals surface area (Å²) in [5.41, 5.74) is 0.588. The van der Waals surface area contributed by atoms with Crippen LogP contribution in [0.1, 0.15) is 48.9 Å². The lowest BCUT2D eigenvalue weighted by Crippen LogP contribution is -2.50. The SMILES string of the molecule is CNC(=O)c1cccnc1NC1CCN(C2CCCCC2O)CC1. The number of likely N-dealkylation sites (tertiary alicyclic amines) is 1. The van der Waals surface area contributed by atoms with E-state index in [0.29, 0.717) is 23.5 Å². The van der Waals surface area contributed by atoms with Gasteiger partial charge in [0, 0.05) is 38.4 Å². The lowest BCUT2D eigenvalue weighted by molar-refractivity contribution is 0.00992. The van der Waals surface area contributed by atoms with Crippen molar-refractivity contribution in [2.24, 2.45) is 0 Å². The van der Waals surface area contributed by atoms with Crippen LogP contribution in [0.25, 0.3) is 0 Å². The van der Waals surface area contributed by atoms with Crippen LogP contribution in [0.5, 0.6) is 0 Å². The van der Waals surface area contributed by atoms with Crippen molar-refractivity contribution in [1.29, 1.82) is 0 Å². The van der Waals surface area contributed by atoms with Gasteiger partial charge in [0.2, 0.25) is 0 Å². The van der Waals surface area contributed by atoms with Gasteiger partial charge in [-0.2, -0.15) is 0 Å². The number of pyridine rings is 1. The van der Waals surface area contributed by atoms with Crippen LogP contribution in [0.2, 0.25) is 0 Å². The monoisotopic (exact) mass is 332 g/mol. The predicted octanol–water partition coefficient (Wildman–Crippen LogP) is 1.62. The number of carbonyl (C=O) groups is 1. The number of hydrogen-bond acceptors (Lipinski definition) is 5. The molecule has 1 amide bonds. The summed E-state index contributed by atoms with van der Waals surface area (Å²) in [6.07, 6.45) is 7.98. The first-order valence-electron chi connectivity index (χ1n) is 9.05. The van der Waals surface area contributed by atoms with Crippen LogP contribution in [0, 0.1) is 0 Å². The van der Waals surface area contributed by atoms with Gasteiger partial charge in [-0.3, -0.25) is 9.69 Å². The molecule has 0 spiro atoms. The van der Waals surface area contributed by atoms with E-state index in [0.717, 1.165) is 45.2 Å².